The Balaban J connectivity index is 2.11. The predicted octanol–water partition coefficient (Wildman–Crippen LogP) is 3.05. The van der Waals surface area contributed by atoms with E-state index in [1.807, 2.05) is 12.1 Å². The molecular formula is C16H23N3O. The highest BCUT2D eigenvalue weighted by Crippen LogP contribution is 2.35. The summed E-state index contributed by atoms with van der Waals surface area (Å²) in [5.41, 5.74) is 8.49. The molecule has 108 valence electrons. The van der Waals surface area contributed by atoms with Gasteiger partial charge in [0.2, 0.25) is 0 Å². The van der Waals surface area contributed by atoms with Gasteiger partial charge in [-0.25, -0.2) is 4.98 Å². The molecule has 3 rings (SSSR count). The zero-order chi connectivity index (χ0) is 14.1. The number of nitrogens with zero attached hydrogens (tertiary/aromatic N) is 2. The molecule has 2 aromatic rings. The van der Waals surface area contributed by atoms with Gasteiger partial charge in [-0.2, -0.15) is 0 Å². The second-order valence-corrected chi connectivity index (χ2v) is 5.68. The number of nitrogens with two attached hydrogens (primary N) is 1. The van der Waals surface area contributed by atoms with Crippen molar-refractivity contribution in [3.63, 3.8) is 0 Å². The minimum absolute atomic E-state index is 0.254. The summed E-state index contributed by atoms with van der Waals surface area (Å²) in [5.74, 6) is 2.43. The smallest absolute Gasteiger partial charge is 0.121 e. The van der Waals surface area contributed by atoms with Crippen LogP contribution in [0.3, 0.4) is 0 Å². The molecule has 4 nitrogen and oxygen atoms in total. The van der Waals surface area contributed by atoms with Crippen molar-refractivity contribution in [1.82, 2.24) is 9.55 Å². The van der Waals surface area contributed by atoms with Gasteiger partial charge >= 0.3 is 0 Å². The van der Waals surface area contributed by atoms with Crippen molar-refractivity contribution in [2.45, 2.75) is 51.1 Å². The van der Waals surface area contributed by atoms with Gasteiger partial charge in [-0.15, -0.1) is 0 Å². The summed E-state index contributed by atoms with van der Waals surface area (Å²) in [7, 11) is 1.69. The summed E-state index contributed by atoms with van der Waals surface area (Å²) < 4.78 is 7.66. The Morgan fingerprint density at radius 1 is 1.40 bits per heavy atom. The van der Waals surface area contributed by atoms with Crippen LogP contribution in [0.5, 0.6) is 5.75 Å². The average molecular weight is 273 g/mol. The number of aryl methyl sites for hydroxylation is 1. The van der Waals surface area contributed by atoms with Gasteiger partial charge in [0.15, 0.2) is 0 Å². The van der Waals surface area contributed by atoms with Crippen LogP contribution in [-0.4, -0.2) is 22.7 Å². The number of imidazole rings is 1. The summed E-state index contributed by atoms with van der Waals surface area (Å²) >= 11 is 0. The van der Waals surface area contributed by atoms with Crippen molar-refractivity contribution in [3.05, 3.63) is 24.0 Å². The molecule has 1 aromatic carbocycles. The zero-order valence-corrected chi connectivity index (χ0v) is 12.3. The van der Waals surface area contributed by atoms with Gasteiger partial charge in [0.05, 0.1) is 18.1 Å². The summed E-state index contributed by atoms with van der Waals surface area (Å²) in [4.78, 5) is 4.88. The van der Waals surface area contributed by atoms with Crippen molar-refractivity contribution < 1.29 is 4.74 Å². The topological polar surface area (TPSA) is 53.1 Å². The summed E-state index contributed by atoms with van der Waals surface area (Å²) in [5, 5.41) is 0. The first-order valence-corrected chi connectivity index (χ1v) is 7.54. The fourth-order valence-corrected chi connectivity index (χ4v) is 3.31. The van der Waals surface area contributed by atoms with Crippen molar-refractivity contribution in [3.8, 4) is 5.75 Å². The third kappa shape index (κ3) is 2.18. The minimum Gasteiger partial charge on any atom is -0.497 e. The zero-order valence-electron chi connectivity index (χ0n) is 12.3. The molecule has 20 heavy (non-hydrogen) atoms. The molecule has 2 atom stereocenters. The lowest BCUT2D eigenvalue weighted by molar-refractivity contribution is 0.415. The number of hydrogen-bond donors (Lipinski definition) is 1. The van der Waals surface area contributed by atoms with Gasteiger partial charge in [-0.3, -0.25) is 0 Å². The highest BCUT2D eigenvalue weighted by Gasteiger charge is 2.30. The normalized spacial score (nSPS) is 22.6. The highest BCUT2D eigenvalue weighted by molar-refractivity contribution is 5.78. The lowest BCUT2D eigenvalue weighted by Crippen LogP contribution is -2.25. The number of hydrogen-bond acceptors (Lipinski definition) is 3. The van der Waals surface area contributed by atoms with Crippen molar-refractivity contribution in [1.29, 1.82) is 0 Å². The standard InChI is InChI=1S/C16H23N3O/c1-3-9-19-15-8-7-11(20-2)10-14(15)18-16(19)12-5-4-6-13(12)17/h7-8,10,12-13H,3-6,9,17H2,1-2H3. The molecule has 2 N–H and O–H groups in total. The number of rotatable bonds is 4. The molecule has 0 bridgehead atoms. The molecule has 1 saturated carbocycles. The Labute approximate surface area is 119 Å². The third-order valence-corrected chi connectivity index (χ3v) is 4.33. The Hall–Kier alpha value is -1.55. The van der Waals surface area contributed by atoms with Crippen LogP contribution < -0.4 is 10.5 Å². The van der Waals surface area contributed by atoms with E-state index in [2.05, 4.69) is 17.6 Å². The van der Waals surface area contributed by atoms with Gasteiger partial charge in [-0.1, -0.05) is 13.3 Å². The first-order chi connectivity index (χ1) is 9.74. The van der Waals surface area contributed by atoms with E-state index in [4.69, 9.17) is 15.5 Å². The van der Waals surface area contributed by atoms with Crippen LogP contribution in [0, 0.1) is 0 Å². The number of benzene rings is 1. The predicted molar refractivity (Wildman–Crippen MR) is 81.1 cm³/mol. The van der Waals surface area contributed by atoms with Crippen LogP contribution in [-0.2, 0) is 6.54 Å². The van der Waals surface area contributed by atoms with Crippen molar-refractivity contribution >= 4 is 11.0 Å². The number of methoxy groups -OCH3 is 1. The SMILES string of the molecule is CCCn1c(C2CCCC2N)nc2cc(OC)ccc21. The van der Waals surface area contributed by atoms with Gasteiger partial charge in [0, 0.05) is 24.6 Å². The van der Waals surface area contributed by atoms with E-state index in [-0.39, 0.29) is 6.04 Å². The molecule has 0 amide bonds. The largest absolute Gasteiger partial charge is 0.497 e. The molecule has 0 radical (unpaired) electrons. The van der Waals surface area contributed by atoms with Crippen LogP contribution >= 0.6 is 0 Å². The summed E-state index contributed by atoms with van der Waals surface area (Å²) in [6.07, 6.45) is 4.59. The van der Waals surface area contributed by atoms with Crippen LogP contribution in [0.15, 0.2) is 18.2 Å². The molecule has 0 aliphatic heterocycles. The van der Waals surface area contributed by atoms with E-state index >= 15 is 0 Å². The lowest BCUT2D eigenvalue weighted by Gasteiger charge is -2.17. The molecular weight excluding hydrogens is 250 g/mol. The van der Waals surface area contributed by atoms with Gasteiger partial charge in [0.25, 0.3) is 0 Å². The van der Waals surface area contributed by atoms with E-state index < -0.39 is 0 Å². The number of aromatic nitrogens is 2. The lowest BCUT2D eigenvalue weighted by atomic mass is 10.0. The maximum Gasteiger partial charge on any atom is 0.121 e. The van der Waals surface area contributed by atoms with E-state index in [0.717, 1.165) is 37.1 Å². The van der Waals surface area contributed by atoms with Crippen LogP contribution in [0.4, 0.5) is 0 Å². The van der Waals surface area contributed by atoms with Gasteiger partial charge in [-0.05, 0) is 31.4 Å². The second-order valence-electron chi connectivity index (χ2n) is 5.68. The van der Waals surface area contributed by atoms with E-state index in [1.165, 1.54) is 17.8 Å². The molecule has 1 aliphatic carbocycles. The Bertz CT molecular complexity index is 605. The van der Waals surface area contributed by atoms with Crippen LogP contribution in [0.2, 0.25) is 0 Å². The molecule has 4 heteroatoms. The average Bonchev–Trinajstić information content (AvgIpc) is 3.02. The summed E-state index contributed by atoms with van der Waals surface area (Å²) in [6, 6.07) is 6.39. The van der Waals surface area contributed by atoms with E-state index in [0.29, 0.717) is 5.92 Å². The molecule has 0 spiro atoms. The molecule has 2 unspecified atom stereocenters. The molecule has 1 heterocycles. The molecule has 1 fully saturated rings. The Kier molecular flexibility index (Phi) is 3.66. The Morgan fingerprint density at radius 3 is 2.90 bits per heavy atom. The fraction of sp³-hybridized carbons (Fsp3) is 0.562. The third-order valence-electron chi connectivity index (χ3n) is 4.33. The van der Waals surface area contributed by atoms with E-state index in [1.54, 1.807) is 7.11 Å². The Morgan fingerprint density at radius 2 is 2.25 bits per heavy atom. The first kappa shape index (κ1) is 13.4. The monoisotopic (exact) mass is 273 g/mol. The second kappa shape index (κ2) is 5.44. The molecule has 1 aliphatic rings. The molecule has 0 saturated heterocycles. The van der Waals surface area contributed by atoms with Crippen LogP contribution in [0.25, 0.3) is 11.0 Å². The minimum atomic E-state index is 0.254. The van der Waals surface area contributed by atoms with Crippen molar-refractivity contribution in [2.75, 3.05) is 7.11 Å². The van der Waals surface area contributed by atoms with Gasteiger partial charge in [0.1, 0.15) is 11.6 Å². The molecule has 1 aromatic heterocycles. The summed E-state index contributed by atoms with van der Waals surface area (Å²) in [6.45, 7) is 3.20. The van der Waals surface area contributed by atoms with Crippen LogP contribution in [0.1, 0.15) is 44.3 Å². The first-order valence-electron chi connectivity index (χ1n) is 7.54. The van der Waals surface area contributed by atoms with E-state index in [9.17, 15) is 0 Å². The number of ether oxygens (including phenoxy) is 1. The number of fused-ring (bicyclic) bond motifs is 1. The highest BCUT2D eigenvalue weighted by atomic mass is 16.5. The fourth-order valence-electron chi connectivity index (χ4n) is 3.31. The van der Waals surface area contributed by atoms with Gasteiger partial charge < -0.3 is 15.0 Å². The quantitative estimate of drug-likeness (QED) is 0.931. The van der Waals surface area contributed by atoms with Crippen molar-refractivity contribution in [2.24, 2.45) is 5.73 Å². The maximum atomic E-state index is 6.28. The maximum absolute atomic E-state index is 6.28.